The summed E-state index contributed by atoms with van der Waals surface area (Å²) in [6.07, 6.45) is 11.5. The highest BCUT2D eigenvalue weighted by molar-refractivity contribution is 5.95. The number of carbonyl (C=O) groups excluding carboxylic acids is 2. The van der Waals surface area contributed by atoms with Crippen molar-refractivity contribution in [3.63, 3.8) is 0 Å². The molecule has 1 spiro atoms. The van der Waals surface area contributed by atoms with Crippen LogP contribution >= 0.6 is 0 Å². The third-order valence-corrected chi connectivity index (χ3v) is 9.75. The monoisotopic (exact) mass is 447 g/mol. The summed E-state index contributed by atoms with van der Waals surface area (Å²) in [5, 5.41) is 3.27. The molecule has 0 aromatic carbocycles. The average molecular weight is 448 g/mol. The molecule has 1 aliphatic heterocycles. The summed E-state index contributed by atoms with van der Waals surface area (Å²) >= 11 is 0. The van der Waals surface area contributed by atoms with Crippen LogP contribution in [0.2, 0.25) is 0 Å². The topological polar surface area (TPSA) is 92.7 Å². The lowest BCUT2D eigenvalue weighted by Gasteiger charge is -2.36. The van der Waals surface area contributed by atoms with Gasteiger partial charge >= 0.3 is 0 Å². The quantitative estimate of drug-likeness (QED) is 0.737. The molecule has 7 heteroatoms. The van der Waals surface area contributed by atoms with E-state index in [-0.39, 0.29) is 17.9 Å². The van der Waals surface area contributed by atoms with Crippen molar-refractivity contribution >= 4 is 17.5 Å². The lowest BCUT2D eigenvalue weighted by Crippen LogP contribution is -2.47. The molecule has 4 saturated carbocycles. The molecule has 2 bridgehead atoms. The zero-order valence-electron chi connectivity index (χ0n) is 19.1. The number of hydrogen-bond acceptors (Lipinski definition) is 4. The van der Waals surface area contributed by atoms with Crippen LogP contribution in [0.4, 0.5) is 0 Å². The lowest BCUT2D eigenvalue weighted by molar-refractivity contribution is 0.0617. The van der Waals surface area contributed by atoms with E-state index >= 15 is 0 Å². The predicted octanol–water partition coefficient (Wildman–Crippen LogP) is 2.84. The van der Waals surface area contributed by atoms with Crippen LogP contribution in [0.1, 0.15) is 72.3 Å². The van der Waals surface area contributed by atoms with Crippen molar-refractivity contribution in [3.8, 4) is 0 Å². The number of rotatable bonds is 5. The second kappa shape index (κ2) is 6.81. The Kier molecular flexibility index (Phi) is 4.13. The Labute approximate surface area is 194 Å². The van der Waals surface area contributed by atoms with E-state index in [0.29, 0.717) is 41.0 Å². The number of aromatic nitrogens is 2. The van der Waals surface area contributed by atoms with E-state index in [9.17, 15) is 9.59 Å². The number of pyridine rings is 1. The number of piperidine rings is 1. The van der Waals surface area contributed by atoms with Gasteiger partial charge in [0.15, 0.2) is 0 Å². The summed E-state index contributed by atoms with van der Waals surface area (Å²) in [5.74, 6) is 2.68. The van der Waals surface area contributed by atoms with Crippen LogP contribution in [0.3, 0.4) is 0 Å². The van der Waals surface area contributed by atoms with Crippen molar-refractivity contribution in [2.75, 3.05) is 19.6 Å². The molecule has 5 unspecified atom stereocenters. The number of fused-ring (bicyclic) bond motifs is 3. The smallest absolute Gasteiger partial charge is 0.274 e. The standard InChI is InChI=1S/C26H33N5O2/c27-12-18-4-1-2-7-30(18)24(33)20-13-31-21(5-3-6-22(31)29-20)23(32)28-15-25-9-16-8-19(16)26(14-25)11-17(26)10-25/h3,5-6,13,16-19H,1-2,4,7-12,14-15,27H2,(H,28,32)/t16?,17?,18?,19-,25?,26?/m0/s1. The zero-order valence-corrected chi connectivity index (χ0v) is 19.1. The van der Waals surface area contributed by atoms with Gasteiger partial charge in [0.2, 0.25) is 0 Å². The van der Waals surface area contributed by atoms with Crippen molar-refractivity contribution in [1.29, 1.82) is 0 Å². The third kappa shape index (κ3) is 2.94. The molecule has 3 heterocycles. The highest BCUT2D eigenvalue weighted by Crippen LogP contribution is 2.83. The Morgan fingerprint density at radius 2 is 2.12 bits per heavy atom. The average Bonchev–Trinajstić information content (AvgIpc) is 3.67. The third-order valence-electron chi connectivity index (χ3n) is 9.75. The van der Waals surface area contributed by atoms with Crippen LogP contribution in [-0.2, 0) is 0 Å². The fourth-order valence-corrected chi connectivity index (χ4v) is 8.18. The van der Waals surface area contributed by atoms with E-state index in [4.69, 9.17) is 5.73 Å². The van der Waals surface area contributed by atoms with Gasteiger partial charge in [0.25, 0.3) is 11.8 Å². The molecule has 5 fully saturated rings. The summed E-state index contributed by atoms with van der Waals surface area (Å²) < 4.78 is 1.77. The molecule has 174 valence electrons. The molecule has 7 rings (SSSR count). The summed E-state index contributed by atoms with van der Waals surface area (Å²) in [6.45, 7) is 1.96. The summed E-state index contributed by atoms with van der Waals surface area (Å²) in [5.41, 5.74) is 8.45. The Hall–Kier alpha value is -2.41. The van der Waals surface area contributed by atoms with Crippen molar-refractivity contribution < 1.29 is 9.59 Å². The molecule has 2 aromatic rings. The molecule has 33 heavy (non-hydrogen) atoms. The highest BCUT2D eigenvalue weighted by Gasteiger charge is 2.76. The van der Waals surface area contributed by atoms with Crippen LogP contribution in [-0.4, -0.2) is 51.8 Å². The van der Waals surface area contributed by atoms with E-state index in [1.54, 1.807) is 10.6 Å². The first-order valence-corrected chi connectivity index (χ1v) is 12.8. The number of nitrogens with zero attached hydrogens (tertiary/aromatic N) is 3. The number of imidazole rings is 1. The number of nitrogens with two attached hydrogens (primary N) is 1. The van der Waals surface area contributed by atoms with E-state index in [2.05, 4.69) is 10.3 Å². The molecule has 2 aromatic heterocycles. The Balaban J connectivity index is 1.10. The van der Waals surface area contributed by atoms with Crippen LogP contribution < -0.4 is 11.1 Å². The van der Waals surface area contributed by atoms with Gasteiger partial charge in [-0.05, 0) is 92.1 Å². The molecule has 5 aliphatic rings. The van der Waals surface area contributed by atoms with Crippen molar-refractivity contribution in [2.45, 2.75) is 57.4 Å². The van der Waals surface area contributed by atoms with Gasteiger partial charge in [0.05, 0.1) is 0 Å². The predicted molar refractivity (Wildman–Crippen MR) is 124 cm³/mol. The highest BCUT2D eigenvalue weighted by atomic mass is 16.2. The maximum absolute atomic E-state index is 13.3. The molecule has 1 saturated heterocycles. The second-order valence-electron chi connectivity index (χ2n) is 11.7. The first-order valence-electron chi connectivity index (χ1n) is 12.8. The number of hydrogen-bond donors (Lipinski definition) is 2. The first-order chi connectivity index (χ1) is 16.0. The number of amides is 2. The van der Waals surface area contributed by atoms with Crippen LogP contribution in [0.25, 0.3) is 5.65 Å². The van der Waals surface area contributed by atoms with E-state index in [1.807, 2.05) is 23.1 Å². The van der Waals surface area contributed by atoms with Crippen molar-refractivity contribution in [1.82, 2.24) is 19.6 Å². The van der Waals surface area contributed by atoms with E-state index in [1.165, 1.54) is 32.1 Å². The van der Waals surface area contributed by atoms with Crippen LogP contribution in [0, 0.1) is 28.6 Å². The first kappa shape index (κ1) is 20.0. The van der Waals surface area contributed by atoms with Crippen molar-refractivity contribution in [3.05, 3.63) is 35.8 Å². The van der Waals surface area contributed by atoms with Gasteiger partial charge in [0, 0.05) is 31.9 Å². The molecule has 6 atom stereocenters. The van der Waals surface area contributed by atoms with Gasteiger partial charge in [-0.3, -0.25) is 14.0 Å². The maximum atomic E-state index is 13.3. The number of nitrogens with one attached hydrogen (secondary N) is 1. The molecular weight excluding hydrogens is 414 g/mol. The molecular formula is C26H33N5O2. The Morgan fingerprint density at radius 3 is 3.00 bits per heavy atom. The lowest BCUT2D eigenvalue weighted by atomic mass is 9.71. The van der Waals surface area contributed by atoms with Gasteiger partial charge in [0.1, 0.15) is 17.0 Å². The summed E-state index contributed by atoms with van der Waals surface area (Å²) in [6, 6.07) is 5.60. The van der Waals surface area contributed by atoms with Gasteiger partial charge in [-0.25, -0.2) is 4.98 Å². The maximum Gasteiger partial charge on any atom is 0.274 e. The Morgan fingerprint density at radius 1 is 1.21 bits per heavy atom. The molecule has 4 aliphatic carbocycles. The van der Waals surface area contributed by atoms with Crippen LogP contribution in [0.5, 0.6) is 0 Å². The summed E-state index contributed by atoms with van der Waals surface area (Å²) in [4.78, 5) is 32.9. The van der Waals surface area contributed by atoms with Gasteiger partial charge in [-0.1, -0.05) is 6.07 Å². The number of carbonyl (C=O) groups is 2. The molecule has 2 amide bonds. The van der Waals surface area contributed by atoms with Gasteiger partial charge in [-0.15, -0.1) is 0 Å². The minimum Gasteiger partial charge on any atom is -0.350 e. The second-order valence-corrected chi connectivity index (χ2v) is 11.7. The fourth-order valence-electron chi connectivity index (χ4n) is 8.18. The Bertz CT molecular complexity index is 1150. The van der Waals surface area contributed by atoms with Crippen molar-refractivity contribution in [2.24, 2.45) is 34.3 Å². The minimum absolute atomic E-state index is 0.0700. The normalized spacial score (nSPS) is 38.0. The zero-order chi connectivity index (χ0) is 22.4. The van der Waals surface area contributed by atoms with E-state index in [0.717, 1.165) is 43.6 Å². The molecule has 7 nitrogen and oxygen atoms in total. The SMILES string of the molecule is NCC1CCCCN1C(=O)c1cn2c(C(=O)NCC34CC5C[C@@H]5C5(CC5C3)C4)cccc2n1. The van der Waals surface area contributed by atoms with E-state index < -0.39 is 0 Å². The molecule has 0 radical (unpaired) electrons. The van der Waals surface area contributed by atoms with Crippen LogP contribution in [0.15, 0.2) is 24.4 Å². The molecule has 3 N–H and O–H groups in total. The summed E-state index contributed by atoms with van der Waals surface area (Å²) in [7, 11) is 0. The number of likely N-dealkylation sites (tertiary alicyclic amines) is 1. The fraction of sp³-hybridized carbons (Fsp3) is 0.654. The minimum atomic E-state index is -0.0873. The largest absolute Gasteiger partial charge is 0.350 e. The van der Waals surface area contributed by atoms with Gasteiger partial charge in [-0.2, -0.15) is 0 Å². The van der Waals surface area contributed by atoms with Gasteiger partial charge < -0.3 is 16.0 Å².